The number of nitrogens with zero attached hydrogens (tertiary/aromatic N) is 2. The van der Waals surface area contributed by atoms with Crippen LogP contribution < -0.4 is 16.4 Å². The number of nitrogens with one attached hydrogen (secondary N) is 2. The van der Waals surface area contributed by atoms with Crippen molar-refractivity contribution in [3.63, 3.8) is 0 Å². The molecule has 17 heavy (non-hydrogen) atoms. The van der Waals surface area contributed by atoms with Crippen LogP contribution in [0, 0.1) is 6.92 Å². The van der Waals surface area contributed by atoms with E-state index in [4.69, 9.17) is 5.73 Å². The quantitative estimate of drug-likeness (QED) is 0.602. The molecule has 1 aliphatic heterocycles. The van der Waals surface area contributed by atoms with Gasteiger partial charge in [0.2, 0.25) is 0 Å². The highest BCUT2D eigenvalue weighted by atomic mass is 35.5. The van der Waals surface area contributed by atoms with Gasteiger partial charge >= 0.3 is 6.03 Å². The molecule has 0 unspecified atom stereocenters. The maximum Gasteiger partial charge on any atom is 0.322 e. The Labute approximate surface area is 104 Å². The SMILES string of the molecule is Cc1ncn(C)c1[C@@]1(CN)NC(=O)NC1=O.Cl. The number of carbonyl (C=O) groups excluding carboxylic acids is 2. The molecule has 4 N–H and O–H groups in total. The minimum absolute atomic E-state index is 0. The van der Waals surface area contributed by atoms with Gasteiger partial charge in [0.15, 0.2) is 5.54 Å². The summed E-state index contributed by atoms with van der Waals surface area (Å²) in [7, 11) is 1.75. The zero-order valence-electron chi connectivity index (χ0n) is 9.48. The smallest absolute Gasteiger partial charge is 0.322 e. The number of urea groups is 1. The first kappa shape index (κ1) is 13.5. The highest BCUT2D eigenvalue weighted by molar-refractivity contribution is 6.07. The number of hydrogen-bond donors (Lipinski definition) is 3. The van der Waals surface area contributed by atoms with Crippen LogP contribution >= 0.6 is 12.4 Å². The zero-order valence-corrected chi connectivity index (χ0v) is 10.3. The van der Waals surface area contributed by atoms with E-state index >= 15 is 0 Å². The average molecular weight is 260 g/mol. The van der Waals surface area contributed by atoms with Gasteiger partial charge in [-0.05, 0) is 6.92 Å². The van der Waals surface area contributed by atoms with Crippen molar-refractivity contribution < 1.29 is 9.59 Å². The predicted octanol–water partition coefficient (Wildman–Crippen LogP) is -0.856. The van der Waals surface area contributed by atoms with Gasteiger partial charge in [-0.25, -0.2) is 9.78 Å². The van der Waals surface area contributed by atoms with E-state index in [2.05, 4.69) is 15.6 Å². The molecule has 1 saturated heterocycles. The first-order chi connectivity index (χ1) is 7.51. The Kier molecular flexibility index (Phi) is 3.44. The number of imide groups is 1. The highest BCUT2D eigenvalue weighted by Gasteiger charge is 2.49. The van der Waals surface area contributed by atoms with Crippen LogP contribution in [0.1, 0.15) is 11.4 Å². The lowest BCUT2D eigenvalue weighted by Crippen LogP contribution is -2.51. The van der Waals surface area contributed by atoms with E-state index in [-0.39, 0.29) is 19.0 Å². The molecule has 0 aliphatic carbocycles. The Balaban J connectivity index is 0.00000144. The van der Waals surface area contributed by atoms with Crippen LogP contribution in [0.25, 0.3) is 0 Å². The standard InChI is InChI=1S/C9H13N5O2.ClH/c1-5-6(14(2)4-11-5)9(3-10)7(15)12-8(16)13-9;/h4H,3,10H2,1-2H3,(H2,12,13,15,16);1H/t9-;/m1./s1. The van der Waals surface area contributed by atoms with E-state index < -0.39 is 17.5 Å². The number of rotatable bonds is 2. The summed E-state index contributed by atoms with van der Waals surface area (Å²) >= 11 is 0. The number of hydrogen-bond acceptors (Lipinski definition) is 4. The van der Waals surface area contributed by atoms with Gasteiger partial charge < -0.3 is 15.6 Å². The molecule has 2 rings (SSSR count). The van der Waals surface area contributed by atoms with Crippen LogP contribution in [0.2, 0.25) is 0 Å². The fourth-order valence-corrected chi connectivity index (χ4v) is 2.06. The molecule has 0 radical (unpaired) electrons. The predicted molar refractivity (Wildman–Crippen MR) is 62.6 cm³/mol. The Hall–Kier alpha value is -1.60. The summed E-state index contributed by atoms with van der Waals surface area (Å²) in [4.78, 5) is 27.1. The molecule has 2 heterocycles. The molecule has 0 aromatic carbocycles. The van der Waals surface area contributed by atoms with Gasteiger partial charge in [0.25, 0.3) is 5.91 Å². The van der Waals surface area contributed by atoms with Crippen LogP contribution in [-0.2, 0) is 17.4 Å². The number of aryl methyl sites for hydroxylation is 2. The Morgan fingerprint density at radius 2 is 2.18 bits per heavy atom. The minimum Gasteiger partial charge on any atom is -0.335 e. The molecule has 7 nitrogen and oxygen atoms in total. The van der Waals surface area contributed by atoms with Crippen molar-refractivity contribution in [1.29, 1.82) is 0 Å². The molecule has 0 bridgehead atoms. The topological polar surface area (TPSA) is 102 Å². The number of aromatic nitrogens is 2. The molecule has 0 spiro atoms. The Bertz CT molecular complexity index is 452. The van der Waals surface area contributed by atoms with E-state index in [1.165, 1.54) is 0 Å². The first-order valence-electron chi connectivity index (χ1n) is 4.83. The average Bonchev–Trinajstić information content (AvgIpc) is 2.69. The van der Waals surface area contributed by atoms with Gasteiger partial charge in [0.05, 0.1) is 17.7 Å². The van der Waals surface area contributed by atoms with Crippen LogP contribution in [-0.4, -0.2) is 28.0 Å². The van der Waals surface area contributed by atoms with Crippen molar-refractivity contribution in [3.8, 4) is 0 Å². The van der Waals surface area contributed by atoms with Crippen molar-refractivity contribution >= 4 is 24.3 Å². The normalized spacial score (nSPS) is 23.0. The summed E-state index contributed by atoms with van der Waals surface area (Å²) in [6.07, 6.45) is 1.58. The van der Waals surface area contributed by atoms with Crippen molar-refractivity contribution in [1.82, 2.24) is 20.2 Å². The summed E-state index contributed by atoms with van der Waals surface area (Å²) in [6.45, 7) is 1.76. The van der Waals surface area contributed by atoms with Crippen LogP contribution in [0.4, 0.5) is 4.79 Å². The summed E-state index contributed by atoms with van der Waals surface area (Å²) < 4.78 is 1.69. The van der Waals surface area contributed by atoms with Crippen LogP contribution in [0.5, 0.6) is 0 Å². The van der Waals surface area contributed by atoms with Crippen LogP contribution in [0.15, 0.2) is 6.33 Å². The van der Waals surface area contributed by atoms with E-state index in [1.54, 1.807) is 24.9 Å². The molecular weight excluding hydrogens is 246 g/mol. The van der Waals surface area contributed by atoms with Gasteiger partial charge in [-0.15, -0.1) is 12.4 Å². The van der Waals surface area contributed by atoms with Gasteiger partial charge in [-0.3, -0.25) is 10.1 Å². The summed E-state index contributed by atoms with van der Waals surface area (Å²) in [5, 5.41) is 4.76. The molecule has 1 aromatic rings. The maximum atomic E-state index is 11.8. The molecule has 8 heteroatoms. The zero-order chi connectivity index (χ0) is 11.9. The van der Waals surface area contributed by atoms with E-state index in [1.807, 2.05) is 0 Å². The van der Waals surface area contributed by atoms with E-state index in [0.717, 1.165) is 0 Å². The van der Waals surface area contributed by atoms with Gasteiger partial charge in [-0.1, -0.05) is 0 Å². The molecule has 1 atom stereocenters. The van der Waals surface area contributed by atoms with Crippen molar-refractivity contribution in [2.75, 3.05) is 6.54 Å². The number of amides is 3. The summed E-state index contributed by atoms with van der Waals surface area (Å²) in [5.41, 5.74) is 5.71. The van der Waals surface area contributed by atoms with Crippen molar-refractivity contribution in [3.05, 3.63) is 17.7 Å². The maximum absolute atomic E-state index is 11.8. The van der Waals surface area contributed by atoms with E-state index in [9.17, 15) is 9.59 Å². The molecule has 0 saturated carbocycles. The number of imidazole rings is 1. The fraction of sp³-hybridized carbons (Fsp3) is 0.444. The summed E-state index contributed by atoms with van der Waals surface area (Å²) in [6, 6.07) is -0.531. The monoisotopic (exact) mass is 259 g/mol. The van der Waals surface area contributed by atoms with Crippen LogP contribution in [0.3, 0.4) is 0 Å². The fourth-order valence-electron chi connectivity index (χ4n) is 2.06. The molecule has 3 amide bonds. The second-order valence-electron chi connectivity index (χ2n) is 3.81. The lowest BCUT2D eigenvalue weighted by Gasteiger charge is -2.25. The number of nitrogens with two attached hydrogens (primary N) is 1. The minimum atomic E-state index is -1.20. The van der Waals surface area contributed by atoms with Crippen molar-refractivity contribution in [2.45, 2.75) is 12.5 Å². The van der Waals surface area contributed by atoms with Gasteiger partial charge in [0.1, 0.15) is 0 Å². The lowest BCUT2D eigenvalue weighted by atomic mass is 9.94. The second kappa shape index (κ2) is 4.34. The molecule has 1 aliphatic rings. The molecular formula is C9H14ClN5O2. The number of carbonyl (C=O) groups is 2. The second-order valence-corrected chi connectivity index (χ2v) is 3.81. The van der Waals surface area contributed by atoms with Gasteiger partial charge in [-0.2, -0.15) is 0 Å². The summed E-state index contributed by atoms with van der Waals surface area (Å²) in [5.74, 6) is -0.438. The van der Waals surface area contributed by atoms with Gasteiger partial charge in [0, 0.05) is 13.6 Å². The Morgan fingerprint density at radius 1 is 1.53 bits per heavy atom. The number of halogens is 1. The van der Waals surface area contributed by atoms with Crippen molar-refractivity contribution in [2.24, 2.45) is 12.8 Å². The molecule has 94 valence electrons. The molecule has 1 aromatic heterocycles. The highest BCUT2D eigenvalue weighted by Crippen LogP contribution is 2.25. The third-order valence-corrected chi connectivity index (χ3v) is 2.77. The largest absolute Gasteiger partial charge is 0.335 e. The van der Waals surface area contributed by atoms with E-state index in [0.29, 0.717) is 11.4 Å². The first-order valence-corrected chi connectivity index (χ1v) is 4.83. The third kappa shape index (κ3) is 1.77. The lowest BCUT2D eigenvalue weighted by molar-refractivity contribution is -0.124. The Morgan fingerprint density at radius 3 is 2.53 bits per heavy atom. The third-order valence-electron chi connectivity index (χ3n) is 2.77. The molecule has 1 fully saturated rings.